The predicted molar refractivity (Wildman–Crippen MR) is 155 cm³/mol. The number of aryl methyl sites for hydroxylation is 1. The van der Waals surface area contributed by atoms with Gasteiger partial charge in [0.05, 0.1) is 6.10 Å². The number of fused-ring (bicyclic) bond motifs is 5. The number of amides is 1. The summed E-state index contributed by atoms with van der Waals surface area (Å²) in [5, 5.41) is 10.3. The third-order valence-electron chi connectivity index (χ3n) is 12.4. The molecule has 3 saturated carbocycles. The molecule has 1 amide bonds. The molecule has 1 saturated heterocycles. The van der Waals surface area contributed by atoms with Gasteiger partial charge < -0.3 is 14.9 Å². The standard InChI is InChI=1S/C33H50N4O2/c1-22(5-10-31(39)37-19-17-36(18-20-37)30-13-16-34-23(2)35-30)27-8-9-28-26-7-6-24-21-25(38)11-14-32(24,3)29(26)12-15-33(27,28)4/h6,13,16,22,25-29,38H,5,7-12,14-15,17-21H2,1-4H3/t22?,25-,26-,27+,28-,29-,32-,33+/m0/s1. The summed E-state index contributed by atoms with van der Waals surface area (Å²) < 4.78 is 0. The largest absolute Gasteiger partial charge is 0.393 e. The molecule has 6 nitrogen and oxygen atoms in total. The lowest BCUT2D eigenvalue weighted by Gasteiger charge is -2.58. The third kappa shape index (κ3) is 4.83. The molecule has 4 aliphatic carbocycles. The molecule has 1 aliphatic heterocycles. The lowest BCUT2D eigenvalue weighted by atomic mass is 9.47. The fourth-order valence-electron chi connectivity index (χ4n) is 10.1. The number of aromatic nitrogens is 2. The number of allylic oxidation sites excluding steroid dienone is 1. The number of nitrogens with zero attached hydrogens (tertiary/aromatic N) is 4. The molecule has 0 spiro atoms. The Kier molecular flexibility index (Phi) is 7.31. The topological polar surface area (TPSA) is 69.6 Å². The van der Waals surface area contributed by atoms with E-state index in [0.717, 1.165) is 80.8 Å². The summed E-state index contributed by atoms with van der Waals surface area (Å²) in [6.45, 7) is 12.8. The number of rotatable bonds is 5. The van der Waals surface area contributed by atoms with Gasteiger partial charge in [-0.1, -0.05) is 32.4 Å². The minimum absolute atomic E-state index is 0.124. The zero-order chi connectivity index (χ0) is 27.4. The first kappa shape index (κ1) is 27.2. The first-order chi connectivity index (χ1) is 18.7. The predicted octanol–water partition coefficient (Wildman–Crippen LogP) is 5.79. The summed E-state index contributed by atoms with van der Waals surface area (Å²) in [6.07, 6.45) is 15.6. The smallest absolute Gasteiger partial charge is 0.222 e. The SMILES string of the molecule is Cc1nccc(N2CCN(C(=O)CCC(C)[C@H]3CC[C@H]4[C@@H]5CC=C6C[C@@H](O)CC[C@]6(C)[C@H]5CC[C@]34C)CC2)n1. The first-order valence-electron chi connectivity index (χ1n) is 15.9. The van der Waals surface area contributed by atoms with Crippen molar-refractivity contribution >= 4 is 11.7 Å². The molecular weight excluding hydrogens is 484 g/mol. The number of hydrogen-bond donors (Lipinski definition) is 1. The van der Waals surface area contributed by atoms with Gasteiger partial charge in [-0.25, -0.2) is 9.97 Å². The summed E-state index contributed by atoms with van der Waals surface area (Å²) in [5.41, 5.74) is 2.30. The Morgan fingerprint density at radius 1 is 1.10 bits per heavy atom. The molecule has 0 aromatic carbocycles. The quantitative estimate of drug-likeness (QED) is 0.484. The molecule has 0 bridgehead atoms. The van der Waals surface area contributed by atoms with E-state index in [1.165, 1.54) is 38.5 Å². The van der Waals surface area contributed by atoms with Crippen molar-refractivity contribution in [3.63, 3.8) is 0 Å². The Bertz CT molecular complexity index is 1100. The van der Waals surface area contributed by atoms with Gasteiger partial charge in [-0.3, -0.25) is 4.79 Å². The van der Waals surface area contributed by atoms with Gasteiger partial charge in [0.2, 0.25) is 5.91 Å². The van der Waals surface area contributed by atoms with Crippen LogP contribution in [-0.4, -0.2) is 58.2 Å². The van der Waals surface area contributed by atoms with Gasteiger partial charge in [-0.05, 0) is 111 Å². The molecule has 1 N–H and O–H groups in total. The van der Waals surface area contributed by atoms with Gasteiger partial charge in [0.1, 0.15) is 11.6 Å². The molecule has 6 heteroatoms. The summed E-state index contributed by atoms with van der Waals surface area (Å²) in [6, 6.07) is 1.97. The number of anilines is 1. The lowest BCUT2D eigenvalue weighted by molar-refractivity contribution is -0.132. The molecule has 1 aromatic heterocycles. The highest BCUT2D eigenvalue weighted by Crippen LogP contribution is 2.67. The average Bonchev–Trinajstić information content (AvgIpc) is 3.29. The molecule has 1 aromatic rings. The van der Waals surface area contributed by atoms with E-state index in [2.05, 4.69) is 46.6 Å². The molecule has 2 heterocycles. The van der Waals surface area contributed by atoms with Crippen LogP contribution in [0.1, 0.15) is 90.8 Å². The van der Waals surface area contributed by atoms with Crippen LogP contribution in [0.2, 0.25) is 0 Å². The van der Waals surface area contributed by atoms with E-state index < -0.39 is 0 Å². The summed E-state index contributed by atoms with van der Waals surface area (Å²) in [7, 11) is 0. The van der Waals surface area contributed by atoms with Crippen LogP contribution in [0.25, 0.3) is 0 Å². The Balaban J connectivity index is 1.04. The lowest BCUT2D eigenvalue weighted by Crippen LogP contribution is -2.51. The second-order valence-corrected chi connectivity index (χ2v) is 14.2. The molecule has 0 radical (unpaired) electrons. The van der Waals surface area contributed by atoms with Gasteiger partial charge >= 0.3 is 0 Å². The number of aliphatic hydroxyl groups is 1. The molecule has 5 aliphatic rings. The van der Waals surface area contributed by atoms with Crippen LogP contribution in [0, 0.1) is 47.3 Å². The highest BCUT2D eigenvalue weighted by molar-refractivity contribution is 5.76. The average molecular weight is 535 g/mol. The van der Waals surface area contributed by atoms with Gasteiger partial charge in [0.15, 0.2) is 0 Å². The van der Waals surface area contributed by atoms with Crippen LogP contribution in [0.3, 0.4) is 0 Å². The fourth-order valence-corrected chi connectivity index (χ4v) is 10.1. The zero-order valence-corrected chi connectivity index (χ0v) is 24.7. The minimum Gasteiger partial charge on any atom is -0.393 e. The highest BCUT2D eigenvalue weighted by atomic mass is 16.3. The summed E-state index contributed by atoms with van der Waals surface area (Å²) in [5.74, 6) is 5.86. The molecule has 8 atom stereocenters. The van der Waals surface area contributed by atoms with Crippen LogP contribution in [0.4, 0.5) is 5.82 Å². The zero-order valence-electron chi connectivity index (χ0n) is 24.7. The van der Waals surface area contributed by atoms with E-state index in [4.69, 9.17) is 0 Å². The maximum atomic E-state index is 13.2. The Labute approximate surface area is 235 Å². The van der Waals surface area contributed by atoms with Gasteiger partial charge in [-0.15, -0.1) is 0 Å². The molecule has 214 valence electrons. The molecule has 6 rings (SSSR count). The van der Waals surface area contributed by atoms with Gasteiger partial charge in [0.25, 0.3) is 0 Å². The van der Waals surface area contributed by atoms with Crippen molar-refractivity contribution in [3.8, 4) is 0 Å². The highest BCUT2D eigenvalue weighted by Gasteiger charge is 2.59. The molecular formula is C33H50N4O2. The third-order valence-corrected chi connectivity index (χ3v) is 12.4. The van der Waals surface area contributed by atoms with E-state index in [9.17, 15) is 9.90 Å². The number of carbonyl (C=O) groups excluding carboxylic acids is 1. The van der Waals surface area contributed by atoms with Crippen molar-refractivity contribution in [2.24, 2.45) is 40.4 Å². The van der Waals surface area contributed by atoms with Crippen molar-refractivity contribution in [2.45, 2.75) is 98.0 Å². The summed E-state index contributed by atoms with van der Waals surface area (Å²) >= 11 is 0. The van der Waals surface area contributed by atoms with Crippen molar-refractivity contribution in [3.05, 3.63) is 29.7 Å². The number of carbonyl (C=O) groups is 1. The maximum absolute atomic E-state index is 13.2. The van der Waals surface area contributed by atoms with Crippen molar-refractivity contribution < 1.29 is 9.90 Å². The Morgan fingerprint density at radius 2 is 1.90 bits per heavy atom. The van der Waals surface area contributed by atoms with E-state index >= 15 is 0 Å². The van der Waals surface area contributed by atoms with Crippen LogP contribution >= 0.6 is 0 Å². The fraction of sp³-hybridized carbons (Fsp3) is 0.788. The van der Waals surface area contributed by atoms with Crippen LogP contribution < -0.4 is 4.90 Å². The van der Waals surface area contributed by atoms with Crippen LogP contribution in [0.15, 0.2) is 23.9 Å². The number of aliphatic hydroxyl groups excluding tert-OH is 1. The normalized spacial score (nSPS) is 38.9. The minimum atomic E-state index is -0.124. The van der Waals surface area contributed by atoms with Gasteiger partial charge in [-0.2, -0.15) is 0 Å². The van der Waals surface area contributed by atoms with Crippen LogP contribution in [-0.2, 0) is 4.79 Å². The maximum Gasteiger partial charge on any atom is 0.222 e. The summed E-state index contributed by atoms with van der Waals surface area (Å²) in [4.78, 5) is 26.3. The Hall–Kier alpha value is -1.95. The number of piperazine rings is 1. The van der Waals surface area contributed by atoms with E-state index in [0.29, 0.717) is 29.1 Å². The molecule has 39 heavy (non-hydrogen) atoms. The second kappa shape index (κ2) is 10.5. The van der Waals surface area contributed by atoms with Gasteiger partial charge in [0, 0.05) is 38.8 Å². The second-order valence-electron chi connectivity index (χ2n) is 14.2. The first-order valence-corrected chi connectivity index (χ1v) is 15.9. The number of hydrogen-bond acceptors (Lipinski definition) is 5. The monoisotopic (exact) mass is 534 g/mol. The Morgan fingerprint density at radius 3 is 2.67 bits per heavy atom. The van der Waals surface area contributed by atoms with Crippen molar-refractivity contribution in [2.75, 3.05) is 31.1 Å². The molecule has 1 unspecified atom stereocenters. The van der Waals surface area contributed by atoms with E-state index in [1.807, 2.05) is 19.2 Å². The van der Waals surface area contributed by atoms with Crippen molar-refractivity contribution in [1.29, 1.82) is 0 Å². The van der Waals surface area contributed by atoms with E-state index in [-0.39, 0.29) is 6.10 Å². The van der Waals surface area contributed by atoms with Crippen molar-refractivity contribution in [1.82, 2.24) is 14.9 Å². The van der Waals surface area contributed by atoms with E-state index in [1.54, 1.807) is 5.57 Å². The molecule has 4 fully saturated rings. The van der Waals surface area contributed by atoms with Crippen LogP contribution in [0.5, 0.6) is 0 Å².